The minimum Gasteiger partial charge on any atom is -0.493 e. The first-order valence-corrected chi connectivity index (χ1v) is 8.65. The van der Waals surface area contributed by atoms with Gasteiger partial charge >= 0.3 is 0 Å². The van der Waals surface area contributed by atoms with Crippen molar-refractivity contribution in [2.45, 2.75) is 13.3 Å². The molecule has 0 bridgehead atoms. The van der Waals surface area contributed by atoms with E-state index in [1.807, 2.05) is 19.1 Å². The first kappa shape index (κ1) is 20.7. The Morgan fingerprint density at radius 2 is 2.04 bits per heavy atom. The van der Waals surface area contributed by atoms with E-state index in [9.17, 15) is 14.4 Å². The summed E-state index contributed by atoms with van der Waals surface area (Å²) in [7, 11) is 1.55. The summed E-state index contributed by atoms with van der Waals surface area (Å²) in [6, 6.07) is 10.7. The van der Waals surface area contributed by atoms with Crippen molar-refractivity contribution in [2.24, 2.45) is 0 Å². The molecule has 0 heterocycles. The van der Waals surface area contributed by atoms with E-state index < -0.39 is 11.7 Å². The minimum atomic E-state index is -0.590. The molecule has 0 aromatic heterocycles. The zero-order valence-corrected chi connectivity index (χ0v) is 15.8. The van der Waals surface area contributed by atoms with Crippen molar-refractivity contribution in [1.82, 2.24) is 0 Å². The van der Waals surface area contributed by atoms with Crippen molar-refractivity contribution in [3.8, 4) is 17.6 Å². The maximum atomic E-state index is 13.0. The molecule has 0 saturated carbocycles. The Hall–Kier alpha value is -3.59. The van der Waals surface area contributed by atoms with Crippen LogP contribution in [0, 0.1) is 17.1 Å². The van der Waals surface area contributed by atoms with Gasteiger partial charge in [-0.05, 0) is 61.4 Å². The summed E-state index contributed by atoms with van der Waals surface area (Å²) in [6.07, 6.45) is 3.73. The monoisotopic (exact) mass is 380 g/mol. The van der Waals surface area contributed by atoms with Crippen molar-refractivity contribution in [3.63, 3.8) is 0 Å². The van der Waals surface area contributed by atoms with Gasteiger partial charge in [0, 0.05) is 11.3 Å². The molecule has 6 heteroatoms. The molecule has 0 unspecified atom stereocenters. The molecule has 144 valence electrons. The summed E-state index contributed by atoms with van der Waals surface area (Å²) in [5, 5.41) is 12.0. The van der Waals surface area contributed by atoms with Gasteiger partial charge in [0.1, 0.15) is 17.5 Å². The number of nitriles is 1. The van der Waals surface area contributed by atoms with E-state index in [0.717, 1.165) is 5.56 Å². The third kappa shape index (κ3) is 5.21. The van der Waals surface area contributed by atoms with Crippen LogP contribution in [-0.4, -0.2) is 19.6 Å². The van der Waals surface area contributed by atoms with E-state index in [2.05, 4.69) is 11.9 Å². The normalized spacial score (nSPS) is 10.7. The van der Waals surface area contributed by atoms with Crippen LogP contribution in [0.4, 0.5) is 10.1 Å². The second-order valence-corrected chi connectivity index (χ2v) is 5.77. The van der Waals surface area contributed by atoms with Crippen LogP contribution >= 0.6 is 0 Å². The molecule has 2 rings (SSSR count). The lowest BCUT2D eigenvalue weighted by Gasteiger charge is -2.14. The first-order valence-electron chi connectivity index (χ1n) is 8.65. The van der Waals surface area contributed by atoms with Gasteiger partial charge in [0.05, 0.1) is 13.7 Å². The number of ether oxygens (including phenoxy) is 2. The van der Waals surface area contributed by atoms with Crippen LogP contribution in [0.3, 0.4) is 0 Å². The number of carbonyl (C=O) groups excluding carboxylic acids is 1. The number of halogens is 1. The van der Waals surface area contributed by atoms with E-state index >= 15 is 0 Å². The Labute approximate surface area is 163 Å². The molecule has 1 amide bonds. The largest absolute Gasteiger partial charge is 0.493 e. The van der Waals surface area contributed by atoms with Gasteiger partial charge in [0.25, 0.3) is 5.91 Å². The summed E-state index contributed by atoms with van der Waals surface area (Å²) >= 11 is 0. The number of hydrogen-bond donors (Lipinski definition) is 1. The SMILES string of the molecule is C=CCc1cc(/C=C(\C#N)C(=O)Nc2ccc(F)cc2)cc(OCC)c1OC. The summed E-state index contributed by atoms with van der Waals surface area (Å²) in [4.78, 5) is 12.4. The molecule has 0 spiro atoms. The van der Waals surface area contributed by atoms with E-state index in [1.165, 1.54) is 30.3 Å². The van der Waals surface area contributed by atoms with Crippen LogP contribution in [-0.2, 0) is 11.2 Å². The van der Waals surface area contributed by atoms with Gasteiger partial charge < -0.3 is 14.8 Å². The van der Waals surface area contributed by atoms with Gasteiger partial charge in [-0.1, -0.05) is 6.08 Å². The van der Waals surface area contributed by atoms with E-state index in [-0.39, 0.29) is 5.57 Å². The molecule has 0 radical (unpaired) electrons. The van der Waals surface area contributed by atoms with Crippen LogP contribution in [0.1, 0.15) is 18.1 Å². The predicted octanol–water partition coefficient (Wildman–Crippen LogP) is 4.51. The highest BCUT2D eigenvalue weighted by Gasteiger charge is 2.14. The zero-order valence-electron chi connectivity index (χ0n) is 15.8. The lowest BCUT2D eigenvalue weighted by molar-refractivity contribution is -0.112. The lowest BCUT2D eigenvalue weighted by Crippen LogP contribution is -2.13. The van der Waals surface area contributed by atoms with Crippen LogP contribution in [0.25, 0.3) is 6.08 Å². The molecular formula is C22H21FN2O3. The van der Waals surface area contributed by atoms with Crippen molar-refractivity contribution < 1.29 is 18.7 Å². The van der Waals surface area contributed by atoms with Crippen molar-refractivity contribution in [3.05, 3.63) is 71.6 Å². The lowest BCUT2D eigenvalue weighted by atomic mass is 10.0. The molecule has 0 aliphatic carbocycles. The molecule has 0 atom stereocenters. The highest BCUT2D eigenvalue weighted by molar-refractivity contribution is 6.09. The molecule has 5 nitrogen and oxygen atoms in total. The molecule has 0 aliphatic rings. The highest BCUT2D eigenvalue weighted by atomic mass is 19.1. The Balaban J connectivity index is 2.38. The fourth-order valence-electron chi connectivity index (χ4n) is 2.62. The second kappa shape index (κ2) is 9.93. The van der Waals surface area contributed by atoms with E-state index in [4.69, 9.17) is 9.47 Å². The molecule has 1 N–H and O–H groups in total. The van der Waals surface area contributed by atoms with Crippen molar-refractivity contribution >= 4 is 17.7 Å². The quantitative estimate of drug-likeness (QED) is 0.416. The fourth-order valence-corrected chi connectivity index (χ4v) is 2.62. The summed E-state index contributed by atoms with van der Waals surface area (Å²) in [5.74, 6) is 0.110. The van der Waals surface area contributed by atoms with Crippen molar-refractivity contribution in [2.75, 3.05) is 19.0 Å². The maximum absolute atomic E-state index is 13.0. The topological polar surface area (TPSA) is 71.4 Å². The first-order chi connectivity index (χ1) is 13.5. The Kier molecular flexibility index (Phi) is 7.35. The number of hydrogen-bond acceptors (Lipinski definition) is 4. The molecule has 0 fully saturated rings. The zero-order chi connectivity index (χ0) is 20.5. The number of benzene rings is 2. The number of anilines is 1. The average molecular weight is 380 g/mol. The average Bonchev–Trinajstić information content (AvgIpc) is 2.68. The summed E-state index contributed by atoms with van der Waals surface area (Å²) < 4.78 is 24.1. The minimum absolute atomic E-state index is 0.0958. The fraction of sp³-hybridized carbons (Fsp3) is 0.182. The van der Waals surface area contributed by atoms with Gasteiger partial charge in [-0.15, -0.1) is 6.58 Å². The molecule has 0 aliphatic heterocycles. The van der Waals surface area contributed by atoms with Gasteiger partial charge in [-0.25, -0.2) is 4.39 Å². The molecular weight excluding hydrogens is 359 g/mol. The van der Waals surface area contributed by atoms with Crippen LogP contribution in [0.2, 0.25) is 0 Å². The van der Waals surface area contributed by atoms with Crippen LogP contribution in [0.5, 0.6) is 11.5 Å². The molecule has 28 heavy (non-hydrogen) atoms. The molecule has 0 saturated heterocycles. The third-order valence-corrected chi connectivity index (χ3v) is 3.80. The predicted molar refractivity (Wildman–Crippen MR) is 107 cm³/mol. The van der Waals surface area contributed by atoms with Gasteiger partial charge in [0.15, 0.2) is 11.5 Å². The number of amides is 1. The molecule has 2 aromatic carbocycles. The van der Waals surface area contributed by atoms with Gasteiger partial charge in [0.2, 0.25) is 0 Å². The maximum Gasteiger partial charge on any atom is 0.266 e. The van der Waals surface area contributed by atoms with Gasteiger partial charge in [-0.2, -0.15) is 5.26 Å². The Bertz CT molecular complexity index is 928. The number of nitrogens with one attached hydrogen (secondary N) is 1. The van der Waals surface area contributed by atoms with Gasteiger partial charge in [-0.3, -0.25) is 4.79 Å². The smallest absolute Gasteiger partial charge is 0.266 e. The third-order valence-electron chi connectivity index (χ3n) is 3.80. The number of allylic oxidation sites excluding steroid dienone is 1. The second-order valence-electron chi connectivity index (χ2n) is 5.77. The van der Waals surface area contributed by atoms with Crippen LogP contribution < -0.4 is 14.8 Å². The Morgan fingerprint density at radius 1 is 1.32 bits per heavy atom. The number of methoxy groups -OCH3 is 1. The summed E-state index contributed by atoms with van der Waals surface area (Å²) in [5.41, 5.74) is 1.74. The van der Waals surface area contributed by atoms with E-state index in [1.54, 1.807) is 19.3 Å². The van der Waals surface area contributed by atoms with Crippen LogP contribution in [0.15, 0.2) is 54.6 Å². The van der Waals surface area contributed by atoms with E-state index in [0.29, 0.717) is 35.8 Å². The standard InChI is InChI=1S/C22H21FN2O3/c1-4-6-16-11-15(13-20(28-5-2)21(16)27-3)12-17(14-24)22(26)25-19-9-7-18(23)8-10-19/h4,7-13H,1,5-6H2,2-3H3,(H,25,26)/b17-12+. The van der Waals surface area contributed by atoms with Crippen molar-refractivity contribution in [1.29, 1.82) is 5.26 Å². The number of nitrogens with zero attached hydrogens (tertiary/aromatic N) is 1. The Morgan fingerprint density at radius 3 is 2.61 bits per heavy atom. The number of carbonyl (C=O) groups is 1. The molecule has 2 aromatic rings. The summed E-state index contributed by atoms with van der Waals surface area (Å²) in [6.45, 7) is 6.03. The highest BCUT2D eigenvalue weighted by Crippen LogP contribution is 2.34. The number of rotatable bonds is 8.